The number of carbonyl (C=O) groups is 1. The van der Waals surface area contributed by atoms with Crippen LogP contribution in [-0.4, -0.2) is 55.0 Å². The Kier molecular flexibility index (Phi) is 7.48. The fraction of sp³-hybridized carbons (Fsp3) is 0.667. The van der Waals surface area contributed by atoms with Gasteiger partial charge in [-0.05, 0) is 63.3 Å². The van der Waals surface area contributed by atoms with Gasteiger partial charge in [0.05, 0.1) is 5.75 Å². The van der Waals surface area contributed by atoms with Crippen molar-refractivity contribution >= 4 is 21.6 Å². The third-order valence-electron chi connectivity index (χ3n) is 5.83. The van der Waals surface area contributed by atoms with Crippen LogP contribution in [0.4, 0.5) is 5.69 Å². The lowest BCUT2D eigenvalue weighted by molar-refractivity contribution is -0.116. The fourth-order valence-corrected chi connectivity index (χ4v) is 5.64. The molecule has 2 aliphatic heterocycles. The number of nitrogens with zero attached hydrogens (tertiary/aromatic N) is 2. The largest absolute Gasteiger partial charge is 0.326 e. The zero-order chi connectivity index (χ0) is 20.0. The van der Waals surface area contributed by atoms with Crippen LogP contribution >= 0.6 is 0 Å². The van der Waals surface area contributed by atoms with Crippen molar-refractivity contribution < 1.29 is 13.2 Å². The van der Waals surface area contributed by atoms with Gasteiger partial charge in [-0.25, -0.2) is 12.7 Å². The van der Waals surface area contributed by atoms with E-state index in [4.69, 9.17) is 0 Å². The van der Waals surface area contributed by atoms with Crippen LogP contribution in [0.5, 0.6) is 0 Å². The monoisotopic (exact) mass is 407 g/mol. The van der Waals surface area contributed by atoms with Gasteiger partial charge in [-0.2, -0.15) is 0 Å². The molecule has 28 heavy (non-hydrogen) atoms. The van der Waals surface area contributed by atoms with Crippen LogP contribution in [0.1, 0.15) is 57.4 Å². The zero-order valence-corrected chi connectivity index (χ0v) is 17.7. The number of sulfonamides is 1. The summed E-state index contributed by atoms with van der Waals surface area (Å²) < 4.78 is 25.9. The van der Waals surface area contributed by atoms with Gasteiger partial charge in [0.1, 0.15) is 0 Å². The Labute approximate surface area is 169 Å². The molecule has 1 N–H and O–H groups in total. The Morgan fingerprint density at radius 2 is 1.75 bits per heavy atom. The van der Waals surface area contributed by atoms with E-state index in [9.17, 15) is 13.2 Å². The second kappa shape index (κ2) is 9.85. The second-order valence-electron chi connectivity index (χ2n) is 8.09. The van der Waals surface area contributed by atoms with Gasteiger partial charge in [0.25, 0.3) is 0 Å². The topological polar surface area (TPSA) is 69.7 Å². The van der Waals surface area contributed by atoms with Gasteiger partial charge in [0, 0.05) is 37.8 Å². The van der Waals surface area contributed by atoms with Gasteiger partial charge in [-0.1, -0.05) is 18.6 Å². The van der Waals surface area contributed by atoms with E-state index in [0.29, 0.717) is 25.6 Å². The predicted molar refractivity (Wildman–Crippen MR) is 113 cm³/mol. The fourth-order valence-electron chi connectivity index (χ4n) is 4.05. The van der Waals surface area contributed by atoms with E-state index >= 15 is 0 Å². The summed E-state index contributed by atoms with van der Waals surface area (Å²) >= 11 is 0. The highest BCUT2D eigenvalue weighted by molar-refractivity contribution is 7.89. The van der Waals surface area contributed by atoms with Crippen molar-refractivity contribution in [3.05, 3.63) is 29.8 Å². The number of amides is 1. The Morgan fingerprint density at radius 1 is 1.07 bits per heavy atom. The Balaban J connectivity index is 1.41. The molecule has 1 aromatic carbocycles. The van der Waals surface area contributed by atoms with Crippen molar-refractivity contribution in [2.45, 2.75) is 64.5 Å². The second-order valence-corrected chi connectivity index (χ2v) is 10.2. The highest BCUT2D eigenvalue weighted by Crippen LogP contribution is 2.20. The average Bonchev–Trinajstić information content (AvgIpc) is 3.21. The SMILES string of the molecule is CC1CCCCN1Cc1ccc(NC(=O)CCCS(=O)(=O)N2CCCC2)cc1. The molecule has 0 aliphatic carbocycles. The minimum Gasteiger partial charge on any atom is -0.326 e. The van der Waals surface area contributed by atoms with E-state index < -0.39 is 10.0 Å². The van der Waals surface area contributed by atoms with Crippen LogP contribution < -0.4 is 5.32 Å². The van der Waals surface area contributed by atoms with Crippen LogP contribution in [0.3, 0.4) is 0 Å². The lowest BCUT2D eigenvalue weighted by atomic mass is 10.0. The van der Waals surface area contributed by atoms with Crippen molar-refractivity contribution in [1.82, 2.24) is 9.21 Å². The molecule has 0 saturated carbocycles. The Hall–Kier alpha value is -1.44. The van der Waals surface area contributed by atoms with Crippen LogP contribution in [0.15, 0.2) is 24.3 Å². The summed E-state index contributed by atoms with van der Waals surface area (Å²) in [5, 5.41) is 2.88. The molecular weight excluding hydrogens is 374 g/mol. The molecule has 0 aromatic heterocycles. The maximum absolute atomic E-state index is 12.2. The molecule has 0 spiro atoms. The number of likely N-dealkylation sites (tertiary alicyclic amines) is 1. The first-order valence-electron chi connectivity index (χ1n) is 10.5. The lowest BCUT2D eigenvalue weighted by Gasteiger charge is -2.33. The van der Waals surface area contributed by atoms with Crippen LogP contribution in [0.25, 0.3) is 0 Å². The summed E-state index contributed by atoms with van der Waals surface area (Å²) in [4.78, 5) is 14.6. The molecule has 1 atom stereocenters. The van der Waals surface area contributed by atoms with Gasteiger partial charge in [0.15, 0.2) is 0 Å². The number of rotatable bonds is 8. The maximum atomic E-state index is 12.2. The summed E-state index contributed by atoms with van der Waals surface area (Å²) in [7, 11) is -3.20. The van der Waals surface area contributed by atoms with Gasteiger partial charge in [0.2, 0.25) is 15.9 Å². The molecule has 6 nitrogen and oxygen atoms in total. The number of hydrogen-bond donors (Lipinski definition) is 1. The Morgan fingerprint density at radius 3 is 2.43 bits per heavy atom. The van der Waals surface area contributed by atoms with Crippen molar-refractivity contribution in [3.63, 3.8) is 0 Å². The lowest BCUT2D eigenvalue weighted by Crippen LogP contribution is -2.36. The number of nitrogens with one attached hydrogen (secondary N) is 1. The molecule has 1 unspecified atom stereocenters. The van der Waals surface area contributed by atoms with E-state index in [0.717, 1.165) is 31.6 Å². The minimum atomic E-state index is -3.20. The average molecular weight is 408 g/mol. The molecule has 2 saturated heterocycles. The summed E-state index contributed by atoms with van der Waals surface area (Å²) in [5.41, 5.74) is 2.02. The highest BCUT2D eigenvalue weighted by Gasteiger charge is 2.24. The van der Waals surface area contributed by atoms with Crippen molar-refractivity contribution in [2.24, 2.45) is 0 Å². The van der Waals surface area contributed by atoms with E-state index in [-0.39, 0.29) is 18.1 Å². The molecule has 7 heteroatoms. The molecule has 2 heterocycles. The van der Waals surface area contributed by atoms with Gasteiger partial charge in [-0.15, -0.1) is 0 Å². The first-order valence-corrected chi connectivity index (χ1v) is 12.2. The van der Waals surface area contributed by atoms with Crippen LogP contribution in [0, 0.1) is 0 Å². The number of hydrogen-bond acceptors (Lipinski definition) is 4. The van der Waals surface area contributed by atoms with Crippen LogP contribution in [0.2, 0.25) is 0 Å². The van der Waals surface area contributed by atoms with Crippen LogP contribution in [-0.2, 0) is 21.4 Å². The number of piperidine rings is 1. The molecule has 1 amide bonds. The highest BCUT2D eigenvalue weighted by atomic mass is 32.2. The first kappa shape index (κ1) is 21.3. The molecule has 156 valence electrons. The number of carbonyl (C=O) groups excluding carboxylic acids is 1. The standard InChI is InChI=1S/C21H33N3O3S/c1-18-7-2-3-13-23(18)17-19-9-11-20(12-10-19)22-21(25)8-6-16-28(26,27)24-14-4-5-15-24/h9-12,18H,2-8,13-17H2,1H3,(H,22,25). The third-order valence-corrected chi connectivity index (χ3v) is 7.78. The molecule has 2 fully saturated rings. The Bertz CT molecular complexity index is 743. The number of benzene rings is 1. The molecule has 3 rings (SSSR count). The molecule has 0 bridgehead atoms. The minimum absolute atomic E-state index is 0.0490. The van der Waals surface area contributed by atoms with Gasteiger partial charge >= 0.3 is 0 Å². The molecule has 1 aromatic rings. The zero-order valence-electron chi connectivity index (χ0n) is 16.9. The van der Waals surface area contributed by atoms with Crippen molar-refractivity contribution in [2.75, 3.05) is 30.7 Å². The van der Waals surface area contributed by atoms with Crippen molar-refractivity contribution in [1.29, 1.82) is 0 Å². The maximum Gasteiger partial charge on any atom is 0.224 e. The normalized spacial score (nSPS) is 21.7. The summed E-state index contributed by atoms with van der Waals surface area (Å²) in [6, 6.07) is 8.62. The summed E-state index contributed by atoms with van der Waals surface area (Å²) in [6.45, 7) is 5.63. The molecule has 2 aliphatic rings. The smallest absolute Gasteiger partial charge is 0.224 e. The van der Waals surface area contributed by atoms with Crippen molar-refractivity contribution in [3.8, 4) is 0 Å². The quantitative estimate of drug-likeness (QED) is 0.718. The van der Waals surface area contributed by atoms with Gasteiger partial charge in [-0.3, -0.25) is 9.69 Å². The summed E-state index contributed by atoms with van der Waals surface area (Å²) in [5.74, 6) is -0.0815. The molecule has 0 radical (unpaired) electrons. The van der Waals surface area contributed by atoms with E-state index in [1.807, 2.05) is 12.1 Å². The first-order chi connectivity index (χ1) is 13.4. The summed E-state index contributed by atoms with van der Waals surface area (Å²) in [6.07, 6.45) is 6.31. The van der Waals surface area contributed by atoms with Gasteiger partial charge < -0.3 is 5.32 Å². The molecular formula is C21H33N3O3S. The van der Waals surface area contributed by atoms with E-state index in [1.165, 1.54) is 24.8 Å². The van der Waals surface area contributed by atoms with E-state index in [2.05, 4.69) is 29.3 Å². The predicted octanol–water partition coefficient (Wildman–Crippen LogP) is 3.21. The third kappa shape index (κ3) is 6.03. The number of anilines is 1. The van der Waals surface area contributed by atoms with E-state index in [1.54, 1.807) is 4.31 Å².